The van der Waals surface area contributed by atoms with Crippen LogP contribution in [0.4, 0.5) is 0 Å². The third-order valence-corrected chi connectivity index (χ3v) is 3.08. The van der Waals surface area contributed by atoms with Gasteiger partial charge in [0.15, 0.2) is 0 Å². The Bertz CT molecular complexity index is 375. The Labute approximate surface area is 107 Å². The van der Waals surface area contributed by atoms with E-state index in [2.05, 4.69) is 27.2 Å². The summed E-state index contributed by atoms with van der Waals surface area (Å²) in [5.74, 6) is 0.164. The predicted octanol–water partition coefficient (Wildman–Crippen LogP) is -0.660. The SMILES string of the molecule is CN1CCN(C(=O)CNCc2ccncn2)CC1. The van der Waals surface area contributed by atoms with Crippen LogP contribution in [-0.4, -0.2) is 65.4 Å². The van der Waals surface area contributed by atoms with Gasteiger partial charge in [0.2, 0.25) is 5.91 Å². The third-order valence-electron chi connectivity index (χ3n) is 3.08. The molecule has 6 heteroatoms. The van der Waals surface area contributed by atoms with Gasteiger partial charge in [-0.15, -0.1) is 0 Å². The molecule has 18 heavy (non-hydrogen) atoms. The summed E-state index contributed by atoms with van der Waals surface area (Å²) >= 11 is 0. The Morgan fingerprint density at radius 1 is 1.39 bits per heavy atom. The van der Waals surface area contributed by atoms with E-state index in [1.165, 1.54) is 6.33 Å². The van der Waals surface area contributed by atoms with Crippen LogP contribution in [-0.2, 0) is 11.3 Å². The quantitative estimate of drug-likeness (QED) is 0.767. The highest BCUT2D eigenvalue weighted by atomic mass is 16.2. The van der Waals surface area contributed by atoms with Crippen molar-refractivity contribution in [1.29, 1.82) is 0 Å². The first-order chi connectivity index (χ1) is 8.75. The molecule has 1 N–H and O–H groups in total. The number of nitrogens with zero attached hydrogens (tertiary/aromatic N) is 4. The Hall–Kier alpha value is -1.53. The lowest BCUT2D eigenvalue weighted by Gasteiger charge is -2.32. The van der Waals surface area contributed by atoms with Crippen molar-refractivity contribution in [2.45, 2.75) is 6.54 Å². The molecule has 1 aromatic rings. The molecule has 98 valence electrons. The monoisotopic (exact) mass is 249 g/mol. The van der Waals surface area contributed by atoms with Crippen LogP contribution in [0, 0.1) is 0 Å². The number of hydrogen-bond donors (Lipinski definition) is 1. The number of aromatic nitrogens is 2. The molecule has 0 aliphatic carbocycles. The normalized spacial score (nSPS) is 16.8. The van der Waals surface area contributed by atoms with Crippen LogP contribution in [0.5, 0.6) is 0 Å². The fourth-order valence-electron chi connectivity index (χ4n) is 1.89. The third kappa shape index (κ3) is 3.75. The van der Waals surface area contributed by atoms with Gasteiger partial charge in [0, 0.05) is 38.9 Å². The summed E-state index contributed by atoms with van der Waals surface area (Å²) in [5.41, 5.74) is 0.899. The van der Waals surface area contributed by atoms with Crippen molar-refractivity contribution in [3.8, 4) is 0 Å². The summed E-state index contributed by atoms with van der Waals surface area (Å²) in [6.45, 7) is 4.53. The van der Waals surface area contributed by atoms with E-state index in [1.54, 1.807) is 6.20 Å². The van der Waals surface area contributed by atoms with Crippen molar-refractivity contribution < 1.29 is 4.79 Å². The topological polar surface area (TPSA) is 61.4 Å². The van der Waals surface area contributed by atoms with Gasteiger partial charge in [0.05, 0.1) is 12.2 Å². The van der Waals surface area contributed by atoms with E-state index in [0.717, 1.165) is 31.9 Å². The van der Waals surface area contributed by atoms with E-state index in [9.17, 15) is 4.79 Å². The minimum absolute atomic E-state index is 0.164. The number of carbonyl (C=O) groups is 1. The first-order valence-electron chi connectivity index (χ1n) is 6.17. The average molecular weight is 249 g/mol. The largest absolute Gasteiger partial charge is 0.339 e. The molecule has 1 aliphatic rings. The summed E-state index contributed by atoms with van der Waals surface area (Å²) in [5, 5.41) is 3.11. The molecular formula is C12H19N5O. The average Bonchev–Trinajstić information content (AvgIpc) is 2.40. The summed E-state index contributed by atoms with van der Waals surface area (Å²) in [6.07, 6.45) is 3.21. The van der Waals surface area contributed by atoms with Crippen LogP contribution in [0.1, 0.15) is 5.69 Å². The molecule has 0 spiro atoms. The van der Waals surface area contributed by atoms with E-state index in [1.807, 2.05) is 11.0 Å². The second-order valence-corrected chi connectivity index (χ2v) is 4.49. The van der Waals surface area contributed by atoms with Gasteiger partial charge < -0.3 is 15.1 Å². The molecule has 0 saturated carbocycles. The van der Waals surface area contributed by atoms with Crippen molar-refractivity contribution in [3.63, 3.8) is 0 Å². The van der Waals surface area contributed by atoms with Gasteiger partial charge in [-0.05, 0) is 13.1 Å². The van der Waals surface area contributed by atoms with E-state index in [-0.39, 0.29) is 5.91 Å². The highest BCUT2D eigenvalue weighted by Gasteiger charge is 2.18. The molecule has 1 amide bonds. The smallest absolute Gasteiger partial charge is 0.236 e. The maximum absolute atomic E-state index is 11.9. The Balaban J connectivity index is 1.69. The Morgan fingerprint density at radius 3 is 2.83 bits per heavy atom. The molecule has 2 heterocycles. The second kappa shape index (κ2) is 6.42. The molecule has 0 atom stereocenters. The first-order valence-corrected chi connectivity index (χ1v) is 6.17. The molecule has 0 unspecified atom stereocenters. The van der Waals surface area contributed by atoms with Gasteiger partial charge in [-0.1, -0.05) is 0 Å². The molecule has 1 saturated heterocycles. The number of rotatable bonds is 4. The van der Waals surface area contributed by atoms with E-state index < -0.39 is 0 Å². The maximum atomic E-state index is 11.9. The molecule has 1 fully saturated rings. The number of piperazine rings is 1. The molecule has 1 aliphatic heterocycles. The highest BCUT2D eigenvalue weighted by molar-refractivity contribution is 5.78. The number of amides is 1. The lowest BCUT2D eigenvalue weighted by molar-refractivity contribution is -0.131. The minimum Gasteiger partial charge on any atom is -0.339 e. The van der Waals surface area contributed by atoms with Crippen LogP contribution in [0.15, 0.2) is 18.6 Å². The van der Waals surface area contributed by atoms with E-state index in [0.29, 0.717) is 13.1 Å². The van der Waals surface area contributed by atoms with Crippen molar-refractivity contribution in [3.05, 3.63) is 24.3 Å². The van der Waals surface area contributed by atoms with Crippen LogP contribution >= 0.6 is 0 Å². The van der Waals surface area contributed by atoms with Gasteiger partial charge in [0.25, 0.3) is 0 Å². The van der Waals surface area contributed by atoms with Crippen LogP contribution in [0.25, 0.3) is 0 Å². The van der Waals surface area contributed by atoms with Crippen molar-refractivity contribution in [2.75, 3.05) is 39.8 Å². The van der Waals surface area contributed by atoms with Crippen LogP contribution < -0.4 is 5.32 Å². The van der Waals surface area contributed by atoms with Crippen LogP contribution in [0.2, 0.25) is 0 Å². The zero-order valence-corrected chi connectivity index (χ0v) is 10.7. The highest BCUT2D eigenvalue weighted by Crippen LogP contribution is 1.99. The summed E-state index contributed by atoms with van der Waals surface area (Å²) in [6, 6.07) is 1.84. The summed E-state index contributed by atoms with van der Waals surface area (Å²) < 4.78 is 0. The summed E-state index contributed by atoms with van der Waals surface area (Å²) in [4.78, 5) is 24.0. The number of nitrogens with one attached hydrogen (secondary N) is 1. The van der Waals surface area contributed by atoms with Crippen molar-refractivity contribution >= 4 is 5.91 Å². The number of likely N-dealkylation sites (N-methyl/N-ethyl adjacent to an activating group) is 1. The van der Waals surface area contributed by atoms with Gasteiger partial charge in [-0.2, -0.15) is 0 Å². The van der Waals surface area contributed by atoms with Gasteiger partial charge >= 0.3 is 0 Å². The zero-order chi connectivity index (χ0) is 12.8. The zero-order valence-electron chi connectivity index (χ0n) is 10.7. The van der Waals surface area contributed by atoms with E-state index >= 15 is 0 Å². The fourth-order valence-corrected chi connectivity index (χ4v) is 1.89. The molecule has 0 aromatic carbocycles. The molecule has 0 bridgehead atoms. The number of carbonyl (C=O) groups excluding carboxylic acids is 1. The van der Waals surface area contributed by atoms with E-state index in [4.69, 9.17) is 0 Å². The number of hydrogen-bond acceptors (Lipinski definition) is 5. The fraction of sp³-hybridized carbons (Fsp3) is 0.583. The summed E-state index contributed by atoms with van der Waals surface area (Å²) in [7, 11) is 2.08. The van der Waals surface area contributed by atoms with Crippen molar-refractivity contribution in [1.82, 2.24) is 25.1 Å². The Morgan fingerprint density at radius 2 is 2.17 bits per heavy atom. The molecule has 6 nitrogen and oxygen atoms in total. The lowest BCUT2D eigenvalue weighted by atomic mass is 10.3. The van der Waals surface area contributed by atoms with Gasteiger partial charge in [-0.25, -0.2) is 9.97 Å². The second-order valence-electron chi connectivity index (χ2n) is 4.49. The standard InChI is InChI=1S/C12H19N5O/c1-16-4-6-17(7-5-16)12(18)9-14-8-11-2-3-13-10-15-11/h2-3,10,14H,4-9H2,1H3. The molecular weight excluding hydrogens is 230 g/mol. The van der Waals surface area contributed by atoms with Gasteiger partial charge in [0.1, 0.15) is 6.33 Å². The maximum Gasteiger partial charge on any atom is 0.236 e. The molecule has 2 rings (SSSR count). The molecule has 0 radical (unpaired) electrons. The van der Waals surface area contributed by atoms with Gasteiger partial charge in [-0.3, -0.25) is 4.79 Å². The first kappa shape index (κ1) is 12.9. The minimum atomic E-state index is 0.164. The lowest BCUT2D eigenvalue weighted by Crippen LogP contribution is -2.49. The Kier molecular flexibility index (Phi) is 4.60. The van der Waals surface area contributed by atoms with Crippen molar-refractivity contribution in [2.24, 2.45) is 0 Å². The predicted molar refractivity (Wildman–Crippen MR) is 67.8 cm³/mol. The molecule has 1 aromatic heterocycles. The van der Waals surface area contributed by atoms with Crippen LogP contribution in [0.3, 0.4) is 0 Å².